The largest absolute Gasteiger partial charge is 0.482 e. The maximum atomic E-state index is 11.2. The fourth-order valence-electron chi connectivity index (χ4n) is 2.16. The Morgan fingerprint density at radius 3 is 2.61 bits per heavy atom. The highest BCUT2D eigenvalue weighted by Crippen LogP contribution is 2.22. The molecule has 132 valence electrons. The number of carbonyl (C=O) groups is 2. The zero-order chi connectivity index (χ0) is 17.6. The minimum absolute atomic E-state index is 0.0352. The van der Waals surface area contributed by atoms with E-state index in [0.29, 0.717) is 6.29 Å². The first-order valence-electron chi connectivity index (χ1n) is 7.17. The zero-order valence-electron chi connectivity index (χ0n) is 13.0. The third-order valence-electron chi connectivity index (χ3n) is 3.19. The summed E-state index contributed by atoms with van der Waals surface area (Å²) < 4.78 is 10.2. The second-order valence-electron chi connectivity index (χ2n) is 5.43. The monoisotopic (exact) mass is 333 g/mol. The lowest BCUT2D eigenvalue weighted by molar-refractivity contribution is -0.138. The maximum Gasteiger partial charge on any atom is 0.217 e. The van der Waals surface area contributed by atoms with Gasteiger partial charge in [0.15, 0.2) is 18.1 Å². The van der Waals surface area contributed by atoms with Crippen LogP contribution in [-0.4, -0.2) is 82.4 Å². The smallest absolute Gasteiger partial charge is 0.217 e. The van der Waals surface area contributed by atoms with Gasteiger partial charge in [-0.05, 0) is 13.0 Å². The molecular weight excluding hydrogens is 310 g/mol. The van der Waals surface area contributed by atoms with Crippen LogP contribution in [0.25, 0.3) is 0 Å². The molecule has 6 atom stereocenters. The summed E-state index contributed by atoms with van der Waals surface area (Å²) >= 11 is 0. The summed E-state index contributed by atoms with van der Waals surface area (Å²) in [6, 6.07) is -1.04. The van der Waals surface area contributed by atoms with Crippen molar-refractivity contribution in [2.24, 2.45) is 0 Å². The van der Waals surface area contributed by atoms with Crippen molar-refractivity contribution in [2.45, 2.75) is 50.4 Å². The molecule has 5 N–H and O–H groups in total. The molecule has 0 fully saturated rings. The van der Waals surface area contributed by atoms with Crippen LogP contribution >= 0.6 is 0 Å². The van der Waals surface area contributed by atoms with E-state index in [-0.39, 0.29) is 19.0 Å². The van der Waals surface area contributed by atoms with E-state index < -0.39 is 42.5 Å². The summed E-state index contributed by atoms with van der Waals surface area (Å²) in [6.07, 6.45) is -4.74. The van der Waals surface area contributed by atoms with Crippen molar-refractivity contribution >= 4 is 12.2 Å². The minimum Gasteiger partial charge on any atom is -0.482 e. The number of nitrogens with one attached hydrogen (secondary N) is 1. The first-order valence-corrected chi connectivity index (χ1v) is 7.17. The third-order valence-corrected chi connectivity index (χ3v) is 3.19. The molecule has 1 amide bonds. The number of hydrogen-bond donors (Lipinski definition) is 5. The molecule has 1 aliphatic heterocycles. The summed E-state index contributed by atoms with van der Waals surface area (Å²) in [5.74, 6) is -0.683. The standard InChI is InChI=1S/C14H23NO8/c1-7(17)5-22-6-11(20)13(21)14-12(15-8(2)18)10(19)3-9(4-16)23-14/h3-4,7,10-14,17,19-21H,5-6H2,1-2H3,(H,15,18)/t7-,10?,11-,12-,13-,14?/m1/s1. The second kappa shape index (κ2) is 8.94. The van der Waals surface area contributed by atoms with Gasteiger partial charge >= 0.3 is 0 Å². The van der Waals surface area contributed by atoms with E-state index in [1.807, 2.05) is 0 Å². The van der Waals surface area contributed by atoms with Gasteiger partial charge in [-0.3, -0.25) is 9.59 Å². The van der Waals surface area contributed by atoms with Gasteiger partial charge in [0.2, 0.25) is 5.91 Å². The van der Waals surface area contributed by atoms with Gasteiger partial charge in [0, 0.05) is 6.92 Å². The number of carbonyl (C=O) groups excluding carboxylic acids is 2. The van der Waals surface area contributed by atoms with Crippen molar-refractivity contribution in [3.05, 3.63) is 11.8 Å². The van der Waals surface area contributed by atoms with E-state index in [2.05, 4.69) is 5.32 Å². The van der Waals surface area contributed by atoms with Crippen LogP contribution < -0.4 is 5.32 Å². The molecule has 0 aliphatic carbocycles. The third kappa shape index (κ3) is 5.88. The van der Waals surface area contributed by atoms with Crippen LogP contribution in [0.3, 0.4) is 0 Å². The molecule has 0 aromatic heterocycles. The Bertz CT molecular complexity index is 438. The van der Waals surface area contributed by atoms with E-state index in [1.165, 1.54) is 13.8 Å². The molecule has 0 saturated carbocycles. The quantitative estimate of drug-likeness (QED) is 0.305. The molecule has 2 unspecified atom stereocenters. The first-order chi connectivity index (χ1) is 10.8. The van der Waals surface area contributed by atoms with Crippen molar-refractivity contribution < 1.29 is 39.5 Å². The summed E-state index contributed by atoms with van der Waals surface area (Å²) in [7, 11) is 0. The minimum atomic E-state index is -1.54. The molecular formula is C14H23NO8. The van der Waals surface area contributed by atoms with Gasteiger partial charge in [0.25, 0.3) is 0 Å². The summed E-state index contributed by atoms with van der Waals surface area (Å²) in [5.41, 5.74) is 0. The average Bonchev–Trinajstić information content (AvgIpc) is 2.47. The second-order valence-corrected chi connectivity index (χ2v) is 5.43. The van der Waals surface area contributed by atoms with Crippen molar-refractivity contribution in [1.82, 2.24) is 5.32 Å². The topological polar surface area (TPSA) is 146 Å². The van der Waals surface area contributed by atoms with Gasteiger partial charge in [0.05, 0.1) is 31.5 Å². The average molecular weight is 333 g/mol. The van der Waals surface area contributed by atoms with Crippen molar-refractivity contribution in [3.63, 3.8) is 0 Å². The summed E-state index contributed by atoms with van der Waals surface area (Å²) in [6.45, 7) is 2.39. The predicted molar refractivity (Wildman–Crippen MR) is 77.1 cm³/mol. The highest BCUT2D eigenvalue weighted by atomic mass is 16.5. The number of ether oxygens (including phenoxy) is 2. The van der Waals surface area contributed by atoms with Crippen LogP contribution in [0.2, 0.25) is 0 Å². The molecule has 9 nitrogen and oxygen atoms in total. The van der Waals surface area contributed by atoms with Crippen LogP contribution in [-0.2, 0) is 19.1 Å². The Kier molecular flexibility index (Phi) is 7.59. The molecule has 0 bridgehead atoms. The van der Waals surface area contributed by atoms with Crippen LogP contribution in [0.4, 0.5) is 0 Å². The Morgan fingerprint density at radius 1 is 1.43 bits per heavy atom. The van der Waals surface area contributed by atoms with E-state index in [0.717, 1.165) is 6.08 Å². The Labute approximate surface area is 133 Å². The molecule has 0 spiro atoms. The molecule has 23 heavy (non-hydrogen) atoms. The molecule has 0 aromatic carbocycles. The molecule has 1 heterocycles. The van der Waals surface area contributed by atoms with Crippen molar-refractivity contribution in [2.75, 3.05) is 13.2 Å². The molecule has 9 heteroatoms. The number of rotatable bonds is 8. The van der Waals surface area contributed by atoms with Crippen molar-refractivity contribution in [3.8, 4) is 0 Å². The van der Waals surface area contributed by atoms with Gasteiger partial charge < -0.3 is 35.2 Å². The molecule has 1 aliphatic rings. The Hall–Kier alpha value is -1.52. The number of aliphatic hydroxyl groups is 4. The van der Waals surface area contributed by atoms with Gasteiger partial charge in [-0.25, -0.2) is 0 Å². The lowest BCUT2D eigenvalue weighted by Crippen LogP contribution is -2.59. The maximum absolute atomic E-state index is 11.2. The van der Waals surface area contributed by atoms with Gasteiger partial charge in [-0.1, -0.05) is 0 Å². The molecule has 0 radical (unpaired) electrons. The fraction of sp³-hybridized carbons (Fsp3) is 0.714. The molecule has 0 saturated heterocycles. The lowest BCUT2D eigenvalue weighted by atomic mass is 9.94. The van der Waals surface area contributed by atoms with Crippen LogP contribution in [0.5, 0.6) is 0 Å². The normalized spacial score (nSPS) is 28.1. The Balaban J connectivity index is 2.79. The number of aldehydes is 1. The van der Waals surface area contributed by atoms with Gasteiger partial charge in [0.1, 0.15) is 12.2 Å². The van der Waals surface area contributed by atoms with Gasteiger partial charge in [-0.15, -0.1) is 0 Å². The number of aliphatic hydroxyl groups excluding tert-OH is 4. The highest BCUT2D eigenvalue weighted by molar-refractivity contribution is 5.74. The predicted octanol–water partition coefficient (Wildman–Crippen LogP) is -2.55. The number of hydrogen-bond acceptors (Lipinski definition) is 8. The molecule has 1 rings (SSSR count). The highest BCUT2D eigenvalue weighted by Gasteiger charge is 2.41. The van der Waals surface area contributed by atoms with Crippen LogP contribution in [0.15, 0.2) is 11.8 Å². The molecule has 0 aromatic rings. The van der Waals surface area contributed by atoms with Crippen LogP contribution in [0.1, 0.15) is 13.8 Å². The van der Waals surface area contributed by atoms with Gasteiger partial charge in [-0.2, -0.15) is 0 Å². The van der Waals surface area contributed by atoms with Crippen molar-refractivity contribution in [1.29, 1.82) is 0 Å². The zero-order valence-corrected chi connectivity index (χ0v) is 13.0. The number of amides is 1. The van der Waals surface area contributed by atoms with E-state index in [1.54, 1.807) is 0 Å². The fourth-order valence-corrected chi connectivity index (χ4v) is 2.16. The van der Waals surface area contributed by atoms with E-state index in [4.69, 9.17) is 14.6 Å². The SMILES string of the molecule is CC(=O)N[C@@H]1C(O)C=C(C=O)OC1[C@H](O)[C@H](O)COC[C@@H](C)O. The Morgan fingerprint density at radius 2 is 2.09 bits per heavy atom. The summed E-state index contributed by atoms with van der Waals surface area (Å²) in [4.78, 5) is 22.1. The van der Waals surface area contributed by atoms with E-state index in [9.17, 15) is 24.9 Å². The van der Waals surface area contributed by atoms with E-state index >= 15 is 0 Å². The van der Waals surface area contributed by atoms with Crippen LogP contribution in [0, 0.1) is 0 Å². The number of allylic oxidation sites excluding steroid dienone is 1. The summed E-state index contributed by atoms with van der Waals surface area (Å²) in [5, 5.41) is 41.6. The lowest BCUT2D eigenvalue weighted by Gasteiger charge is -2.38. The first kappa shape index (κ1) is 19.5.